The van der Waals surface area contributed by atoms with Gasteiger partial charge in [0.1, 0.15) is 5.78 Å². The first-order valence-corrected chi connectivity index (χ1v) is 4.84. The second kappa shape index (κ2) is 2.62. The quantitative estimate of drug-likeness (QED) is 0.521. The number of carbonyl (C=O) groups is 1. The van der Waals surface area contributed by atoms with Crippen molar-refractivity contribution >= 4 is 5.78 Å². The molecule has 0 aromatic rings. The predicted octanol–water partition coefficient (Wildman–Crippen LogP) is 2.40. The van der Waals surface area contributed by atoms with Crippen LogP contribution in [0.25, 0.3) is 0 Å². The van der Waals surface area contributed by atoms with Crippen LogP contribution in [0.1, 0.15) is 39.0 Å². The van der Waals surface area contributed by atoms with Gasteiger partial charge >= 0.3 is 0 Å². The second-order valence-corrected chi connectivity index (χ2v) is 4.10. The van der Waals surface area contributed by atoms with Crippen molar-refractivity contribution in [3.63, 3.8) is 0 Å². The van der Waals surface area contributed by atoms with E-state index in [2.05, 4.69) is 6.92 Å². The third-order valence-corrected chi connectivity index (χ3v) is 3.53. The lowest BCUT2D eigenvalue weighted by atomic mass is 9.62. The molecule has 0 saturated heterocycles. The Kier molecular flexibility index (Phi) is 1.74. The molecule has 0 bridgehead atoms. The van der Waals surface area contributed by atoms with Crippen LogP contribution in [-0.2, 0) is 4.79 Å². The maximum absolute atomic E-state index is 11.3. The number of hydrogen-bond donors (Lipinski definition) is 0. The number of rotatable bonds is 0. The highest BCUT2D eigenvalue weighted by Gasteiger charge is 2.45. The Balaban J connectivity index is 2.05. The number of carbonyl (C=O) groups excluding carboxylic acids is 1. The predicted molar refractivity (Wildman–Crippen MR) is 44.2 cm³/mol. The minimum atomic E-state index is 0.401. The lowest BCUT2D eigenvalue weighted by Gasteiger charge is -2.40. The zero-order chi connectivity index (χ0) is 7.84. The van der Waals surface area contributed by atoms with Crippen LogP contribution in [-0.4, -0.2) is 5.78 Å². The monoisotopic (exact) mass is 152 g/mol. The number of ketones is 1. The molecule has 0 aromatic heterocycles. The van der Waals surface area contributed by atoms with E-state index in [0.29, 0.717) is 17.6 Å². The van der Waals surface area contributed by atoms with E-state index in [4.69, 9.17) is 0 Å². The zero-order valence-corrected chi connectivity index (χ0v) is 7.18. The number of Topliss-reactive ketones (excluding diaryl/α,β-unsaturated/α-hetero) is 1. The van der Waals surface area contributed by atoms with Crippen molar-refractivity contribution in [3.05, 3.63) is 0 Å². The molecule has 0 N–H and O–H groups in total. The van der Waals surface area contributed by atoms with Gasteiger partial charge in [0, 0.05) is 11.8 Å². The first kappa shape index (κ1) is 7.33. The van der Waals surface area contributed by atoms with E-state index >= 15 is 0 Å². The first-order chi connectivity index (χ1) is 5.30. The van der Waals surface area contributed by atoms with E-state index in [1.54, 1.807) is 0 Å². The molecule has 2 aliphatic rings. The van der Waals surface area contributed by atoms with Gasteiger partial charge < -0.3 is 0 Å². The van der Waals surface area contributed by atoms with E-state index < -0.39 is 0 Å². The molecule has 0 aliphatic heterocycles. The summed E-state index contributed by atoms with van der Waals surface area (Å²) in [5, 5.41) is 0. The molecule has 62 valence electrons. The van der Waals surface area contributed by atoms with Gasteiger partial charge in [0.15, 0.2) is 0 Å². The van der Waals surface area contributed by atoms with Crippen LogP contribution in [0.4, 0.5) is 0 Å². The van der Waals surface area contributed by atoms with E-state index in [0.717, 1.165) is 5.92 Å². The largest absolute Gasteiger partial charge is 0.299 e. The minimum absolute atomic E-state index is 0.401. The van der Waals surface area contributed by atoms with E-state index in [1.807, 2.05) is 0 Å². The van der Waals surface area contributed by atoms with Crippen LogP contribution >= 0.6 is 0 Å². The molecule has 1 heteroatoms. The summed E-state index contributed by atoms with van der Waals surface area (Å²) in [5.74, 6) is 2.20. The van der Waals surface area contributed by atoms with Gasteiger partial charge in [-0.1, -0.05) is 26.2 Å². The molecule has 3 unspecified atom stereocenters. The number of hydrogen-bond acceptors (Lipinski definition) is 1. The summed E-state index contributed by atoms with van der Waals surface area (Å²) in [5.41, 5.74) is 0. The molecular formula is C10H16O. The maximum Gasteiger partial charge on any atom is 0.139 e. The third-order valence-electron chi connectivity index (χ3n) is 3.53. The summed E-state index contributed by atoms with van der Waals surface area (Å²) in [6.45, 7) is 2.11. The minimum Gasteiger partial charge on any atom is -0.299 e. The summed E-state index contributed by atoms with van der Waals surface area (Å²) in [6, 6.07) is 0. The highest BCUT2D eigenvalue weighted by atomic mass is 16.1. The van der Waals surface area contributed by atoms with Gasteiger partial charge in [-0.2, -0.15) is 0 Å². The van der Waals surface area contributed by atoms with Crippen LogP contribution in [0.3, 0.4) is 0 Å². The van der Waals surface area contributed by atoms with Gasteiger partial charge in [0.25, 0.3) is 0 Å². The van der Waals surface area contributed by atoms with Crippen molar-refractivity contribution in [1.29, 1.82) is 0 Å². The molecular weight excluding hydrogens is 136 g/mol. The summed E-state index contributed by atoms with van der Waals surface area (Å²) in [6.07, 6.45) is 6.51. The average Bonchev–Trinajstić information content (AvgIpc) is 2.25. The van der Waals surface area contributed by atoms with Crippen LogP contribution in [0.2, 0.25) is 0 Å². The summed E-state index contributed by atoms with van der Waals surface area (Å²) >= 11 is 0. The van der Waals surface area contributed by atoms with E-state index in [9.17, 15) is 4.79 Å². The van der Waals surface area contributed by atoms with Gasteiger partial charge in [-0.3, -0.25) is 4.79 Å². The molecule has 0 radical (unpaired) electrons. The van der Waals surface area contributed by atoms with Crippen molar-refractivity contribution in [2.45, 2.75) is 39.0 Å². The molecule has 11 heavy (non-hydrogen) atoms. The Morgan fingerprint density at radius 2 is 1.91 bits per heavy atom. The fourth-order valence-corrected chi connectivity index (χ4v) is 2.72. The molecule has 0 aromatic carbocycles. The lowest BCUT2D eigenvalue weighted by molar-refractivity contribution is -0.142. The van der Waals surface area contributed by atoms with Gasteiger partial charge in [-0.25, -0.2) is 0 Å². The van der Waals surface area contributed by atoms with Gasteiger partial charge in [0.05, 0.1) is 0 Å². The molecule has 1 nitrogen and oxygen atoms in total. The Labute approximate surface area is 68.2 Å². The molecule has 2 fully saturated rings. The number of fused-ring (bicyclic) bond motifs is 1. The third kappa shape index (κ3) is 1.02. The first-order valence-electron chi connectivity index (χ1n) is 4.84. The molecule has 0 spiro atoms. The van der Waals surface area contributed by atoms with Crippen LogP contribution in [0.15, 0.2) is 0 Å². The normalized spacial score (nSPS) is 44.1. The molecule has 0 amide bonds. The highest BCUT2D eigenvalue weighted by molar-refractivity contribution is 5.89. The van der Waals surface area contributed by atoms with E-state index in [-0.39, 0.29) is 0 Å². The van der Waals surface area contributed by atoms with Crippen molar-refractivity contribution in [2.75, 3.05) is 0 Å². The molecule has 0 heterocycles. The second-order valence-electron chi connectivity index (χ2n) is 4.10. The average molecular weight is 152 g/mol. The van der Waals surface area contributed by atoms with Crippen molar-refractivity contribution in [1.82, 2.24) is 0 Å². The molecule has 2 rings (SSSR count). The Morgan fingerprint density at radius 3 is 2.73 bits per heavy atom. The smallest absolute Gasteiger partial charge is 0.139 e. The summed E-state index contributed by atoms with van der Waals surface area (Å²) in [4.78, 5) is 11.3. The van der Waals surface area contributed by atoms with E-state index in [1.165, 1.54) is 32.1 Å². The lowest BCUT2D eigenvalue weighted by Crippen LogP contribution is -2.45. The molecule has 3 atom stereocenters. The fourth-order valence-electron chi connectivity index (χ4n) is 2.72. The standard InChI is InChI=1S/C10H16O/c1-7-8-5-3-2-4-6-9(8)10(7)11/h7-9H,2-6H2,1H3. The molecule has 2 aliphatic carbocycles. The molecule has 2 saturated carbocycles. The van der Waals surface area contributed by atoms with Crippen LogP contribution in [0.5, 0.6) is 0 Å². The SMILES string of the molecule is CC1C(=O)C2CCCCCC12. The van der Waals surface area contributed by atoms with Crippen molar-refractivity contribution < 1.29 is 4.79 Å². The Morgan fingerprint density at radius 1 is 1.18 bits per heavy atom. The Hall–Kier alpha value is -0.330. The van der Waals surface area contributed by atoms with Gasteiger partial charge in [-0.15, -0.1) is 0 Å². The van der Waals surface area contributed by atoms with Crippen LogP contribution in [0, 0.1) is 17.8 Å². The van der Waals surface area contributed by atoms with Gasteiger partial charge in [-0.05, 0) is 18.8 Å². The zero-order valence-electron chi connectivity index (χ0n) is 7.18. The van der Waals surface area contributed by atoms with Crippen molar-refractivity contribution in [2.24, 2.45) is 17.8 Å². The Bertz CT molecular complexity index is 174. The summed E-state index contributed by atoms with van der Waals surface area (Å²) in [7, 11) is 0. The summed E-state index contributed by atoms with van der Waals surface area (Å²) < 4.78 is 0. The maximum atomic E-state index is 11.3. The fraction of sp³-hybridized carbons (Fsp3) is 0.900. The van der Waals surface area contributed by atoms with Crippen molar-refractivity contribution in [3.8, 4) is 0 Å². The topological polar surface area (TPSA) is 17.1 Å². The van der Waals surface area contributed by atoms with Crippen LogP contribution < -0.4 is 0 Å². The highest BCUT2D eigenvalue weighted by Crippen LogP contribution is 2.44. The van der Waals surface area contributed by atoms with Gasteiger partial charge in [0.2, 0.25) is 0 Å².